The molecule has 6 heteroatoms. The largest absolute Gasteiger partial charge is 0.357 e. The monoisotopic (exact) mass is 370 g/mol. The van der Waals surface area contributed by atoms with Gasteiger partial charge in [0.1, 0.15) is 11.6 Å². The molecule has 148 valence electrons. The molecule has 2 aromatic heterocycles. The zero-order chi connectivity index (χ0) is 19.6. The van der Waals surface area contributed by atoms with E-state index in [2.05, 4.69) is 54.4 Å². The van der Waals surface area contributed by atoms with Gasteiger partial charge in [0.15, 0.2) is 5.96 Å². The zero-order valence-electron chi connectivity index (χ0n) is 17.4. The van der Waals surface area contributed by atoms with Gasteiger partial charge in [-0.2, -0.15) is 0 Å². The topological polar surface area (TPSA) is 67.1 Å². The number of aromatic nitrogens is 3. The van der Waals surface area contributed by atoms with Crippen LogP contribution in [0, 0.1) is 12.8 Å². The summed E-state index contributed by atoms with van der Waals surface area (Å²) in [6.45, 7) is 12.3. The molecule has 2 rings (SSSR count). The average molecular weight is 371 g/mol. The molecule has 2 heterocycles. The minimum absolute atomic E-state index is 0.409. The van der Waals surface area contributed by atoms with Gasteiger partial charge in [-0.3, -0.25) is 4.57 Å². The standard InChI is InChI=1S/C21H34N6/c1-6-22-21(26-17(4)9-7-8-16(2)3)25-15-19-10-11-20(24-14-19)27-13-12-23-18(27)5/h10-14,16-17H,6-9,15H2,1-5H3,(H2,22,25,26). The molecule has 1 unspecified atom stereocenters. The number of rotatable bonds is 9. The summed E-state index contributed by atoms with van der Waals surface area (Å²) in [5.41, 5.74) is 1.08. The highest BCUT2D eigenvalue weighted by Gasteiger charge is 2.06. The molecule has 0 radical (unpaired) electrons. The van der Waals surface area contributed by atoms with Crippen LogP contribution in [0.25, 0.3) is 5.82 Å². The lowest BCUT2D eigenvalue weighted by atomic mass is 10.0. The highest BCUT2D eigenvalue weighted by Crippen LogP contribution is 2.10. The average Bonchev–Trinajstić information content (AvgIpc) is 3.06. The van der Waals surface area contributed by atoms with E-state index in [-0.39, 0.29) is 0 Å². The smallest absolute Gasteiger partial charge is 0.191 e. The number of pyridine rings is 1. The summed E-state index contributed by atoms with van der Waals surface area (Å²) in [6.07, 6.45) is 9.25. The Labute approximate surface area is 163 Å². The Morgan fingerprint density at radius 3 is 2.59 bits per heavy atom. The van der Waals surface area contributed by atoms with Gasteiger partial charge in [-0.05, 0) is 44.7 Å². The number of imidazole rings is 1. The molecule has 2 aromatic rings. The second kappa shape index (κ2) is 10.7. The first-order chi connectivity index (χ1) is 13.0. The Bertz CT molecular complexity index is 702. The molecule has 0 aliphatic rings. The Balaban J connectivity index is 1.92. The predicted octanol–water partition coefficient (Wildman–Crippen LogP) is 3.85. The molecular formula is C21H34N6. The summed E-state index contributed by atoms with van der Waals surface area (Å²) in [5, 5.41) is 6.84. The van der Waals surface area contributed by atoms with Gasteiger partial charge in [-0.1, -0.05) is 32.8 Å². The molecule has 0 aromatic carbocycles. The lowest BCUT2D eigenvalue weighted by Gasteiger charge is -2.18. The van der Waals surface area contributed by atoms with Gasteiger partial charge in [0, 0.05) is 31.2 Å². The van der Waals surface area contributed by atoms with E-state index in [9.17, 15) is 0 Å². The highest BCUT2D eigenvalue weighted by molar-refractivity contribution is 5.80. The van der Waals surface area contributed by atoms with Crippen molar-refractivity contribution in [1.82, 2.24) is 25.2 Å². The summed E-state index contributed by atoms with van der Waals surface area (Å²) >= 11 is 0. The minimum atomic E-state index is 0.409. The van der Waals surface area contributed by atoms with Crippen molar-refractivity contribution in [2.45, 2.75) is 66.5 Å². The maximum absolute atomic E-state index is 4.71. The Hall–Kier alpha value is -2.37. The van der Waals surface area contributed by atoms with Gasteiger partial charge in [-0.25, -0.2) is 15.0 Å². The van der Waals surface area contributed by atoms with E-state index in [1.165, 1.54) is 12.8 Å². The molecule has 1 atom stereocenters. The van der Waals surface area contributed by atoms with Crippen LogP contribution in [0.4, 0.5) is 0 Å². The van der Waals surface area contributed by atoms with Crippen molar-refractivity contribution in [2.24, 2.45) is 10.9 Å². The normalized spacial score (nSPS) is 13.0. The predicted molar refractivity (Wildman–Crippen MR) is 112 cm³/mol. The second-order valence-corrected chi connectivity index (χ2v) is 7.43. The van der Waals surface area contributed by atoms with E-state index in [4.69, 9.17) is 4.99 Å². The van der Waals surface area contributed by atoms with Gasteiger partial charge >= 0.3 is 0 Å². The van der Waals surface area contributed by atoms with E-state index in [1.54, 1.807) is 6.20 Å². The molecule has 0 aliphatic heterocycles. The molecular weight excluding hydrogens is 336 g/mol. The molecule has 0 saturated heterocycles. The zero-order valence-corrected chi connectivity index (χ0v) is 17.4. The maximum Gasteiger partial charge on any atom is 0.191 e. The van der Waals surface area contributed by atoms with Crippen LogP contribution in [0.5, 0.6) is 0 Å². The van der Waals surface area contributed by atoms with Crippen molar-refractivity contribution in [3.63, 3.8) is 0 Å². The SMILES string of the molecule is CCNC(=NCc1ccc(-n2ccnc2C)nc1)NC(C)CCCC(C)C. The molecule has 27 heavy (non-hydrogen) atoms. The van der Waals surface area contributed by atoms with Crippen LogP contribution < -0.4 is 10.6 Å². The number of hydrogen-bond donors (Lipinski definition) is 2. The molecule has 0 bridgehead atoms. The van der Waals surface area contributed by atoms with Gasteiger partial charge < -0.3 is 10.6 Å². The first-order valence-corrected chi connectivity index (χ1v) is 9.99. The number of hydrogen-bond acceptors (Lipinski definition) is 3. The third-order valence-electron chi connectivity index (χ3n) is 4.45. The van der Waals surface area contributed by atoms with Crippen molar-refractivity contribution in [3.05, 3.63) is 42.1 Å². The van der Waals surface area contributed by atoms with Crippen LogP contribution in [-0.2, 0) is 6.54 Å². The molecule has 0 saturated carbocycles. The van der Waals surface area contributed by atoms with Crippen molar-refractivity contribution >= 4 is 5.96 Å². The Morgan fingerprint density at radius 1 is 1.19 bits per heavy atom. The van der Waals surface area contributed by atoms with Crippen LogP contribution in [0.2, 0.25) is 0 Å². The number of guanidine groups is 1. The minimum Gasteiger partial charge on any atom is -0.357 e. The van der Waals surface area contributed by atoms with Gasteiger partial charge in [0.05, 0.1) is 6.54 Å². The van der Waals surface area contributed by atoms with Gasteiger partial charge in [0.25, 0.3) is 0 Å². The molecule has 0 fully saturated rings. The molecule has 6 nitrogen and oxygen atoms in total. The number of aliphatic imine (C=N–C) groups is 1. The summed E-state index contributed by atoms with van der Waals surface area (Å²) in [4.78, 5) is 13.5. The van der Waals surface area contributed by atoms with Gasteiger partial charge in [-0.15, -0.1) is 0 Å². The van der Waals surface area contributed by atoms with Crippen LogP contribution in [-0.4, -0.2) is 33.1 Å². The van der Waals surface area contributed by atoms with E-state index in [1.807, 2.05) is 30.0 Å². The third-order valence-corrected chi connectivity index (χ3v) is 4.45. The van der Waals surface area contributed by atoms with Crippen molar-refractivity contribution < 1.29 is 0 Å². The summed E-state index contributed by atoms with van der Waals surface area (Å²) in [5.74, 6) is 3.43. The number of nitrogens with zero attached hydrogens (tertiary/aromatic N) is 4. The van der Waals surface area contributed by atoms with Crippen molar-refractivity contribution in [2.75, 3.05) is 6.54 Å². The lowest BCUT2D eigenvalue weighted by Crippen LogP contribution is -2.42. The van der Waals surface area contributed by atoms with Crippen LogP contribution in [0.1, 0.15) is 58.3 Å². The summed E-state index contributed by atoms with van der Waals surface area (Å²) in [7, 11) is 0. The molecule has 0 spiro atoms. The highest BCUT2D eigenvalue weighted by atomic mass is 15.2. The van der Waals surface area contributed by atoms with Gasteiger partial charge in [0.2, 0.25) is 0 Å². The molecule has 0 amide bonds. The molecule has 2 N–H and O–H groups in total. The van der Waals surface area contributed by atoms with Crippen LogP contribution in [0.15, 0.2) is 35.7 Å². The fraction of sp³-hybridized carbons (Fsp3) is 0.571. The molecule has 0 aliphatic carbocycles. The quantitative estimate of drug-likeness (QED) is 0.520. The number of nitrogens with one attached hydrogen (secondary N) is 2. The van der Waals surface area contributed by atoms with E-state index < -0.39 is 0 Å². The third kappa shape index (κ3) is 7.04. The maximum atomic E-state index is 4.71. The van der Waals surface area contributed by atoms with E-state index >= 15 is 0 Å². The summed E-state index contributed by atoms with van der Waals surface area (Å²) in [6, 6.07) is 4.49. The van der Waals surface area contributed by atoms with E-state index in [0.717, 1.165) is 42.0 Å². The van der Waals surface area contributed by atoms with Crippen molar-refractivity contribution in [1.29, 1.82) is 0 Å². The van der Waals surface area contributed by atoms with Crippen molar-refractivity contribution in [3.8, 4) is 5.82 Å². The fourth-order valence-electron chi connectivity index (χ4n) is 2.90. The van der Waals surface area contributed by atoms with Crippen LogP contribution in [0.3, 0.4) is 0 Å². The Kier molecular flexibility index (Phi) is 8.30. The number of aryl methyl sites for hydroxylation is 1. The van der Waals surface area contributed by atoms with Crippen LogP contribution >= 0.6 is 0 Å². The Morgan fingerprint density at radius 2 is 2.00 bits per heavy atom. The summed E-state index contributed by atoms with van der Waals surface area (Å²) < 4.78 is 1.97. The second-order valence-electron chi connectivity index (χ2n) is 7.43. The lowest BCUT2D eigenvalue weighted by molar-refractivity contribution is 0.491. The van der Waals surface area contributed by atoms with E-state index in [0.29, 0.717) is 12.6 Å². The fourth-order valence-corrected chi connectivity index (χ4v) is 2.90. The first kappa shape index (κ1) is 20.9. The first-order valence-electron chi connectivity index (χ1n) is 9.99.